The summed E-state index contributed by atoms with van der Waals surface area (Å²) >= 11 is 6.46. The molecule has 9 nitrogen and oxygen atoms in total. The Balaban J connectivity index is 1.88. The number of H-pyrrole nitrogens is 1. The number of halogens is 2. The molecule has 2 N–H and O–H groups in total. The highest BCUT2D eigenvalue weighted by atomic mass is 79.9. The Morgan fingerprint density at radius 3 is 2.61 bits per heavy atom. The van der Waals surface area contributed by atoms with Gasteiger partial charge >= 0.3 is 5.82 Å². The molecule has 0 aliphatic heterocycles. The average molecular weight is 450 g/mol. The third-order valence-electron chi connectivity index (χ3n) is 3.21. The summed E-state index contributed by atoms with van der Waals surface area (Å²) in [6.45, 7) is 4.93. The number of hydrogen-bond acceptors (Lipinski definition) is 5. The van der Waals surface area contributed by atoms with E-state index in [1.54, 1.807) is 0 Å². The summed E-state index contributed by atoms with van der Waals surface area (Å²) < 4.78 is 2.89. The van der Waals surface area contributed by atoms with E-state index in [2.05, 4.69) is 52.5 Å². The van der Waals surface area contributed by atoms with Crippen LogP contribution in [0.25, 0.3) is 0 Å². The van der Waals surface area contributed by atoms with Crippen LogP contribution in [0.3, 0.4) is 0 Å². The molecule has 0 unspecified atom stereocenters. The molecule has 11 heteroatoms. The molecule has 2 aromatic heterocycles. The fourth-order valence-corrected chi connectivity index (χ4v) is 2.78. The summed E-state index contributed by atoms with van der Waals surface area (Å²) in [5, 5.41) is 23.6. The zero-order valence-electron chi connectivity index (χ0n) is 12.4. The summed E-state index contributed by atoms with van der Waals surface area (Å²) in [5.41, 5.74) is 1.91. The summed E-state index contributed by atoms with van der Waals surface area (Å²) in [4.78, 5) is 22.0. The van der Waals surface area contributed by atoms with Crippen molar-refractivity contribution in [1.82, 2.24) is 25.3 Å². The van der Waals surface area contributed by atoms with Crippen molar-refractivity contribution in [2.75, 3.05) is 6.54 Å². The van der Waals surface area contributed by atoms with Crippen molar-refractivity contribution in [1.29, 1.82) is 0 Å². The van der Waals surface area contributed by atoms with Crippen molar-refractivity contribution in [2.45, 2.75) is 26.8 Å². The van der Waals surface area contributed by atoms with Crippen molar-refractivity contribution < 1.29 is 9.72 Å². The average Bonchev–Trinajstić information content (AvgIpc) is 2.99. The normalized spacial score (nSPS) is 10.8. The smallest absolute Gasteiger partial charge is 0.357 e. The third kappa shape index (κ3) is 3.78. The van der Waals surface area contributed by atoms with Gasteiger partial charge in [-0.15, -0.1) is 5.10 Å². The maximum Gasteiger partial charge on any atom is 0.357 e. The van der Waals surface area contributed by atoms with Crippen LogP contribution in [-0.2, 0) is 6.54 Å². The van der Waals surface area contributed by atoms with E-state index < -0.39 is 10.8 Å². The Morgan fingerprint density at radius 1 is 1.39 bits per heavy atom. The van der Waals surface area contributed by atoms with Gasteiger partial charge in [-0.1, -0.05) is 5.10 Å². The van der Waals surface area contributed by atoms with E-state index in [4.69, 9.17) is 0 Å². The highest BCUT2D eigenvalue weighted by Gasteiger charge is 2.24. The predicted octanol–water partition coefficient (Wildman–Crippen LogP) is 2.48. The van der Waals surface area contributed by atoms with E-state index in [0.717, 1.165) is 15.9 Å². The summed E-state index contributed by atoms with van der Waals surface area (Å²) in [7, 11) is 0. The van der Waals surface area contributed by atoms with Crippen LogP contribution in [0.1, 0.15) is 28.3 Å². The Hall–Kier alpha value is -1.75. The first-order chi connectivity index (χ1) is 10.8. The second-order valence-corrected chi connectivity index (χ2v) is 6.40. The van der Waals surface area contributed by atoms with E-state index in [1.807, 2.05) is 18.5 Å². The van der Waals surface area contributed by atoms with E-state index in [1.165, 1.54) is 0 Å². The molecule has 0 aliphatic carbocycles. The number of aromatic nitrogens is 4. The lowest BCUT2D eigenvalue weighted by atomic mass is 10.3. The van der Waals surface area contributed by atoms with Crippen LogP contribution >= 0.6 is 31.9 Å². The molecule has 2 rings (SSSR count). The Morgan fingerprint density at radius 2 is 2.09 bits per heavy atom. The van der Waals surface area contributed by atoms with Crippen LogP contribution < -0.4 is 5.32 Å². The molecule has 0 radical (unpaired) electrons. The van der Waals surface area contributed by atoms with Gasteiger partial charge in [-0.3, -0.25) is 9.48 Å². The summed E-state index contributed by atoms with van der Waals surface area (Å²) in [6.07, 6.45) is 0.671. The molecule has 2 heterocycles. The largest absolute Gasteiger partial charge is 0.358 e. The Bertz CT molecular complexity index is 754. The highest BCUT2D eigenvalue weighted by molar-refractivity contribution is 9.11. The first-order valence-electron chi connectivity index (χ1n) is 6.69. The van der Waals surface area contributed by atoms with Gasteiger partial charge in [0, 0.05) is 18.8 Å². The molecular weight excluding hydrogens is 436 g/mol. The van der Waals surface area contributed by atoms with Gasteiger partial charge in [0.05, 0.1) is 10.2 Å². The number of hydrogen-bond donors (Lipinski definition) is 2. The number of rotatable bonds is 6. The minimum absolute atomic E-state index is 0.0365. The highest BCUT2D eigenvalue weighted by Crippen LogP contribution is 2.25. The number of amides is 1. The molecule has 0 bridgehead atoms. The number of nitrogens with zero attached hydrogens (tertiary/aromatic N) is 4. The first kappa shape index (κ1) is 17.6. The van der Waals surface area contributed by atoms with Crippen molar-refractivity contribution in [3.8, 4) is 0 Å². The maximum absolute atomic E-state index is 12.0. The quantitative estimate of drug-likeness (QED) is 0.399. The number of nitro groups is 1. The zero-order chi connectivity index (χ0) is 17.1. The zero-order valence-corrected chi connectivity index (χ0v) is 15.6. The number of aryl methyl sites for hydroxylation is 2. The Labute approximate surface area is 148 Å². The molecule has 0 spiro atoms. The van der Waals surface area contributed by atoms with Crippen molar-refractivity contribution >= 4 is 43.6 Å². The van der Waals surface area contributed by atoms with Gasteiger partial charge in [-0.25, -0.2) is 0 Å². The number of carbonyl (C=O) groups is 1. The van der Waals surface area contributed by atoms with Crippen molar-refractivity contribution in [2.24, 2.45) is 0 Å². The van der Waals surface area contributed by atoms with Gasteiger partial charge in [-0.05, 0) is 57.1 Å². The molecule has 0 saturated heterocycles. The van der Waals surface area contributed by atoms with Gasteiger partial charge in [0.2, 0.25) is 0 Å². The van der Waals surface area contributed by atoms with Gasteiger partial charge in [0.1, 0.15) is 4.47 Å². The molecule has 0 aliphatic rings. The first-order valence-corrected chi connectivity index (χ1v) is 8.27. The van der Waals surface area contributed by atoms with Gasteiger partial charge < -0.3 is 15.4 Å². The summed E-state index contributed by atoms with van der Waals surface area (Å²) in [5.74, 6) is -0.821. The standard InChI is InChI=1S/C12H14Br2N6O3/c1-6-8(13)7(2)19(18-6)5-3-4-15-12(21)10-9(14)11(17-16-10)20(22)23/h3-5H2,1-2H3,(H,15,21)(H,16,17). The number of carbonyl (C=O) groups excluding carboxylic acids is 1. The fourth-order valence-electron chi connectivity index (χ4n) is 2.00. The number of aromatic amines is 1. The van der Waals surface area contributed by atoms with E-state index in [-0.39, 0.29) is 16.0 Å². The second kappa shape index (κ2) is 7.21. The molecule has 23 heavy (non-hydrogen) atoms. The fraction of sp³-hybridized carbons (Fsp3) is 0.417. The van der Waals surface area contributed by atoms with Crippen molar-refractivity contribution in [3.05, 3.63) is 36.1 Å². The lowest BCUT2D eigenvalue weighted by Gasteiger charge is -2.05. The molecule has 2 aromatic rings. The molecule has 0 aromatic carbocycles. The second-order valence-electron chi connectivity index (χ2n) is 4.81. The molecule has 1 amide bonds. The van der Waals surface area contributed by atoms with Crippen LogP contribution in [0.2, 0.25) is 0 Å². The minimum atomic E-state index is -0.644. The lowest BCUT2D eigenvalue weighted by Crippen LogP contribution is -2.26. The van der Waals surface area contributed by atoms with Crippen LogP contribution in [0.4, 0.5) is 5.82 Å². The van der Waals surface area contributed by atoms with E-state index >= 15 is 0 Å². The lowest BCUT2D eigenvalue weighted by molar-refractivity contribution is -0.390. The summed E-state index contributed by atoms with van der Waals surface area (Å²) in [6, 6.07) is 0. The van der Waals surface area contributed by atoms with Gasteiger partial charge in [0.15, 0.2) is 5.69 Å². The molecule has 0 saturated carbocycles. The van der Waals surface area contributed by atoms with Gasteiger partial charge in [-0.2, -0.15) is 5.10 Å². The van der Waals surface area contributed by atoms with E-state index in [9.17, 15) is 14.9 Å². The van der Waals surface area contributed by atoms with Crippen LogP contribution in [0, 0.1) is 24.0 Å². The molecule has 124 valence electrons. The van der Waals surface area contributed by atoms with E-state index in [0.29, 0.717) is 19.5 Å². The van der Waals surface area contributed by atoms with Crippen molar-refractivity contribution in [3.63, 3.8) is 0 Å². The van der Waals surface area contributed by atoms with Gasteiger partial charge in [0.25, 0.3) is 5.91 Å². The van der Waals surface area contributed by atoms with Crippen LogP contribution in [-0.4, -0.2) is 37.4 Å². The predicted molar refractivity (Wildman–Crippen MR) is 89.3 cm³/mol. The maximum atomic E-state index is 12.0. The third-order valence-corrected chi connectivity index (χ3v) is 5.11. The van der Waals surface area contributed by atoms with Crippen LogP contribution in [0.5, 0.6) is 0 Å². The van der Waals surface area contributed by atoms with Crippen LogP contribution in [0.15, 0.2) is 8.95 Å². The SMILES string of the molecule is Cc1nn(CCCNC(=O)c2n[nH]c([N+](=O)[O-])c2Br)c(C)c1Br. The monoisotopic (exact) mass is 448 g/mol. The minimum Gasteiger partial charge on any atom is -0.358 e. The topological polar surface area (TPSA) is 119 Å². The Kier molecular flexibility index (Phi) is 5.52. The number of nitrogens with one attached hydrogen (secondary N) is 2. The molecule has 0 atom stereocenters. The molecule has 0 fully saturated rings. The molecular formula is C12H14Br2N6O3.